The largest absolute Gasteiger partial charge is 0.456 e. The van der Waals surface area contributed by atoms with Crippen molar-refractivity contribution in [1.29, 1.82) is 0 Å². The maximum Gasteiger partial charge on any atom is 0.303 e. The summed E-state index contributed by atoms with van der Waals surface area (Å²) in [5.74, 6) is -3.87. The maximum atomic E-state index is 14.1. The Morgan fingerprint density at radius 2 is 1.14 bits per heavy atom. The number of imide groups is 1. The highest BCUT2D eigenvalue weighted by Crippen LogP contribution is 2.38. The highest BCUT2D eigenvalue weighted by Gasteiger charge is 2.58. The Balaban J connectivity index is 1.39. The fraction of sp³-hybridized carbons (Fsp3) is 0.419. The van der Waals surface area contributed by atoms with Gasteiger partial charge in [-0.05, 0) is 23.3 Å². The van der Waals surface area contributed by atoms with E-state index in [1.165, 1.54) is 18.2 Å². The van der Waals surface area contributed by atoms with Gasteiger partial charge in [-0.1, -0.05) is 78.9 Å². The van der Waals surface area contributed by atoms with Gasteiger partial charge in [0.2, 0.25) is 0 Å². The smallest absolute Gasteiger partial charge is 0.303 e. The van der Waals surface area contributed by atoms with Crippen molar-refractivity contribution in [2.24, 2.45) is 0 Å². The Morgan fingerprint density at radius 1 is 0.661 bits per heavy atom. The van der Waals surface area contributed by atoms with Crippen LogP contribution in [-0.4, -0.2) is 121 Å². The average Bonchev–Trinajstić information content (AvgIpc) is 3.46. The van der Waals surface area contributed by atoms with Crippen molar-refractivity contribution >= 4 is 29.7 Å². The molecule has 6 rings (SSSR count). The molecule has 3 aromatic carbocycles. The lowest BCUT2D eigenvalue weighted by molar-refractivity contribution is -0.351. The van der Waals surface area contributed by atoms with Crippen LogP contribution in [0.15, 0.2) is 97.6 Å². The molecule has 0 bridgehead atoms. The van der Waals surface area contributed by atoms with Crippen LogP contribution in [0.2, 0.25) is 0 Å². The van der Waals surface area contributed by atoms with Crippen molar-refractivity contribution in [2.45, 2.75) is 95.3 Å². The van der Waals surface area contributed by atoms with Gasteiger partial charge in [0.1, 0.15) is 30.5 Å². The van der Waals surface area contributed by atoms with Crippen LogP contribution >= 0.6 is 0 Å². The van der Waals surface area contributed by atoms with Crippen LogP contribution in [0.3, 0.4) is 0 Å². The van der Waals surface area contributed by atoms with E-state index in [4.69, 9.17) is 42.6 Å². The van der Waals surface area contributed by atoms with E-state index in [1.807, 2.05) is 60.7 Å². The van der Waals surface area contributed by atoms with Gasteiger partial charge in [0, 0.05) is 20.8 Å². The van der Waals surface area contributed by atoms with E-state index in [2.05, 4.69) is 6.58 Å². The normalized spacial score (nSPS) is 27.8. The number of carbonyl (C=O) groups excluding carboxylic acids is 5. The molecule has 16 nitrogen and oxygen atoms in total. The Hall–Kier alpha value is -5.33. The first-order chi connectivity index (χ1) is 28.5. The van der Waals surface area contributed by atoms with Crippen molar-refractivity contribution in [3.63, 3.8) is 0 Å². The maximum absolute atomic E-state index is 14.1. The van der Waals surface area contributed by atoms with Crippen molar-refractivity contribution in [2.75, 3.05) is 19.8 Å². The first kappa shape index (κ1) is 43.3. The molecule has 0 aromatic heterocycles. The topological polar surface area (TPSA) is 192 Å². The molecule has 16 heteroatoms. The third-order valence-electron chi connectivity index (χ3n) is 9.72. The minimum Gasteiger partial charge on any atom is -0.456 e. The first-order valence-corrected chi connectivity index (χ1v) is 19.1. The van der Waals surface area contributed by atoms with E-state index >= 15 is 0 Å². The van der Waals surface area contributed by atoms with Gasteiger partial charge in [0.05, 0.1) is 44.2 Å². The number of ether oxygens (including phenoxy) is 9. The van der Waals surface area contributed by atoms with Crippen LogP contribution in [0.25, 0.3) is 0 Å². The molecule has 314 valence electrons. The number of fused-ring (bicyclic) bond motifs is 1. The lowest BCUT2D eigenvalue weighted by Crippen LogP contribution is -2.69. The zero-order chi connectivity index (χ0) is 42.1. The molecule has 3 heterocycles. The van der Waals surface area contributed by atoms with Gasteiger partial charge < -0.3 is 47.7 Å². The fourth-order valence-electron chi connectivity index (χ4n) is 7.24. The molecule has 3 aliphatic rings. The number of hydrogen-bond donors (Lipinski definition) is 1. The fourth-order valence-corrected chi connectivity index (χ4v) is 7.24. The van der Waals surface area contributed by atoms with E-state index in [9.17, 15) is 29.1 Å². The number of hydrogen-bond acceptors (Lipinski definition) is 15. The van der Waals surface area contributed by atoms with Gasteiger partial charge in [-0.25, -0.2) is 0 Å². The molecule has 0 saturated carbocycles. The molecule has 0 spiro atoms. The SMILES string of the molecule is C=CCO[C@@H]1O[C@H](COCc2ccccc2)[C@@H](O)[C@H](O[C@@H]2O[C@H](COCc3ccccc3)[C@H](OC(C)=O)[C@H](OC(C)=O)[C@H]2OC(C)=O)[C@H]1N1C(=O)c2ccccc2C1=O. The number of benzene rings is 3. The summed E-state index contributed by atoms with van der Waals surface area (Å²) < 4.78 is 54.3. The molecule has 1 N–H and O–H groups in total. The standard InChI is InChI=1S/C43H47NO15/c1-5-20-53-42-34(44-40(49)30-18-12-13-19-31(30)41(44)50)37(35(48)32(57-42)23-51-21-28-14-8-6-9-15-28)59-43-39(56-27(4)47)38(55-26(3)46)36(54-25(2)45)33(58-43)24-52-22-29-16-10-7-11-17-29/h5-19,32-39,42-43,48H,1,20-24H2,2-4H3/t32-,33-,34-,35-,36+,37-,38+,39-,42-,43+/m1/s1. The highest BCUT2D eigenvalue weighted by molar-refractivity contribution is 6.21. The summed E-state index contributed by atoms with van der Waals surface area (Å²) >= 11 is 0. The zero-order valence-corrected chi connectivity index (χ0v) is 32.8. The van der Waals surface area contributed by atoms with Crippen LogP contribution in [0.5, 0.6) is 0 Å². The van der Waals surface area contributed by atoms with Gasteiger partial charge in [0.25, 0.3) is 11.8 Å². The Morgan fingerprint density at radius 3 is 1.66 bits per heavy atom. The van der Waals surface area contributed by atoms with E-state index < -0.39 is 91.1 Å². The monoisotopic (exact) mass is 817 g/mol. The molecule has 3 aliphatic heterocycles. The predicted octanol–water partition coefficient (Wildman–Crippen LogP) is 3.28. The van der Waals surface area contributed by atoms with Gasteiger partial charge in [0.15, 0.2) is 30.9 Å². The summed E-state index contributed by atoms with van der Waals surface area (Å²) in [6.45, 7) is 6.75. The average molecular weight is 818 g/mol. The van der Waals surface area contributed by atoms with Crippen molar-refractivity contribution < 1.29 is 71.7 Å². The van der Waals surface area contributed by atoms with Crippen molar-refractivity contribution in [1.82, 2.24) is 4.90 Å². The summed E-state index contributed by atoms with van der Waals surface area (Å²) in [5, 5.41) is 12.2. The lowest BCUT2D eigenvalue weighted by Gasteiger charge is -2.50. The third-order valence-corrected chi connectivity index (χ3v) is 9.72. The molecule has 2 fully saturated rings. The number of nitrogens with zero attached hydrogens (tertiary/aromatic N) is 1. The summed E-state index contributed by atoms with van der Waals surface area (Å²) in [5.41, 5.74) is 1.86. The summed E-state index contributed by atoms with van der Waals surface area (Å²) in [7, 11) is 0. The number of carbonyl (C=O) groups is 5. The molecule has 2 amide bonds. The Labute approximate surface area is 340 Å². The van der Waals surface area contributed by atoms with Gasteiger partial charge in [-0.15, -0.1) is 6.58 Å². The van der Waals surface area contributed by atoms with Gasteiger partial charge in [-0.2, -0.15) is 0 Å². The van der Waals surface area contributed by atoms with Crippen molar-refractivity contribution in [3.8, 4) is 0 Å². The molecule has 0 aliphatic carbocycles. The third kappa shape index (κ3) is 10.5. The second-order valence-electron chi connectivity index (χ2n) is 14.0. The minimum atomic E-state index is -1.72. The van der Waals surface area contributed by atoms with Gasteiger partial charge >= 0.3 is 17.9 Å². The van der Waals surface area contributed by atoms with Crippen LogP contribution in [-0.2, 0) is 70.2 Å². The molecule has 59 heavy (non-hydrogen) atoms. The Kier molecular flexibility index (Phi) is 14.7. The molecular weight excluding hydrogens is 770 g/mol. The number of rotatable bonds is 17. The second-order valence-corrected chi connectivity index (χ2v) is 14.0. The summed E-state index contributed by atoms with van der Waals surface area (Å²) in [6.07, 6.45) is -12.0. The Bertz CT molecular complexity index is 1910. The summed E-state index contributed by atoms with van der Waals surface area (Å²) in [4.78, 5) is 66.9. The number of aliphatic hydroxyl groups is 1. The zero-order valence-electron chi connectivity index (χ0n) is 32.8. The van der Waals surface area contributed by atoms with Crippen molar-refractivity contribution in [3.05, 3.63) is 120 Å². The molecule has 0 radical (unpaired) electrons. The van der Waals surface area contributed by atoms with Crippen LogP contribution in [0.1, 0.15) is 52.6 Å². The highest BCUT2D eigenvalue weighted by atomic mass is 16.8. The molecule has 10 atom stereocenters. The van der Waals surface area contributed by atoms with Gasteiger partial charge in [-0.3, -0.25) is 28.9 Å². The quantitative estimate of drug-likeness (QED) is 0.0903. The number of amides is 2. The minimum absolute atomic E-state index is 0.100. The van der Waals surface area contributed by atoms with Crippen LogP contribution in [0.4, 0.5) is 0 Å². The van der Waals surface area contributed by atoms with E-state index in [0.29, 0.717) is 0 Å². The molecule has 3 aromatic rings. The van der Waals surface area contributed by atoms with E-state index in [-0.39, 0.29) is 44.2 Å². The second kappa shape index (κ2) is 20.1. The summed E-state index contributed by atoms with van der Waals surface area (Å²) in [6, 6.07) is 23.1. The molecule has 0 unspecified atom stereocenters. The van der Waals surface area contributed by atoms with E-state index in [0.717, 1.165) is 36.8 Å². The molecule has 2 saturated heterocycles. The lowest BCUT2D eigenvalue weighted by atomic mass is 9.94. The number of esters is 3. The van der Waals surface area contributed by atoms with Crippen LogP contribution < -0.4 is 0 Å². The van der Waals surface area contributed by atoms with E-state index in [1.54, 1.807) is 12.1 Å². The number of aliphatic hydroxyl groups excluding tert-OH is 1. The predicted molar refractivity (Wildman–Crippen MR) is 204 cm³/mol. The van der Waals surface area contributed by atoms with Crippen LogP contribution in [0, 0.1) is 0 Å². The molecular formula is C43H47NO15. The first-order valence-electron chi connectivity index (χ1n) is 19.1.